The minimum absolute atomic E-state index is 0.486. The highest BCUT2D eigenvalue weighted by molar-refractivity contribution is 4.95. The Labute approximate surface area is 85.5 Å². The smallest absolute Gasteiger partial charge is 0.135 e. The molecule has 0 spiro atoms. The Kier molecular flexibility index (Phi) is 2.85. The number of hydrogen-bond donors (Lipinski definition) is 0. The molecule has 0 atom stereocenters. The summed E-state index contributed by atoms with van der Waals surface area (Å²) in [5, 5.41) is 8.24. The quantitative estimate of drug-likeness (QED) is 0.723. The number of rotatable bonds is 2. The summed E-state index contributed by atoms with van der Waals surface area (Å²) >= 11 is 0. The maximum absolute atomic E-state index is 4.20. The van der Waals surface area contributed by atoms with Crippen LogP contribution in [0.1, 0.15) is 63.7 Å². The largest absolute Gasteiger partial charge is 0.314 e. The molecular formula is C11H19N3. The van der Waals surface area contributed by atoms with Crippen molar-refractivity contribution in [1.82, 2.24) is 14.8 Å². The van der Waals surface area contributed by atoms with Gasteiger partial charge in [0.1, 0.15) is 12.2 Å². The Bertz CT molecular complexity index is 284. The van der Waals surface area contributed by atoms with Gasteiger partial charge in [-0.2, -0.15) is 0 Å². The molecule has 3 nitrogen and oxygen atoms in total. The van der Waals surface area contributed by atoms with E-state index in [1.807, 2.05) is 6.33 Å². The molecule has 14 heavy (non-hydrogen) atoms. The van der Waals surface area contributed by atoms with E-state index in [1.54, 1.807) is 0 Å². The van der Waals surface area contributed by atoms with Crippen LogP contribution in [0.5, 0.6) is 0 Å². The molecule has 1 heterocycles. The molecule has 0 saturated heterocycles. The van der Waals surface area contributed by atoms with Gasteiger partial charge in [0.15, 0.2) is 0 Å². The third-order valence-corrected chi connectivity index (χ3v) is 3.09. The van der Waals surface area contributed by atoms with Crippen molar-refractivity contribution in [3.05, 3.63) is 12.2 Å². The van der Waals surface area contributed by atoms with Gasteiger partial charge in [-0.05, 0) is 12.8 Å². The molecule has 1 aromatic heterocycles. The third-order valence-electron chi connectivity index (χ3n) is 3.09. The van der Waals surface area contributed by atoms with Crippen LogP contribution in [0.3, 0.4) is 0 Å². The summed E-state index contributed by atoms with van der Waals surface area (Å²) in [6.07, 6.45) is 8.64. The standard InChI is InChI=1S/C11H19N3/c1-9(2)11-13-12-8-14(11)10-6-4-3-5-7-10/h8-10H,3-7H2,1-2H3. The molecule has 78 valence electrons. The van der Waals surface area contributed by atoms with Gasteiger partial charge < -0.3 is 4.57 Å². The highest BCUT2D eigenvalue weighted by atomic mass is 15.3. The molecule has 1 aliphatic carbocycles. The molecule has 0 aliphatic heterocycles. The first kappa shape index (κ1) is 9.69. The van der Waals surface area contributed by atoms with Gasteiger partial charge in [0.25, 0.3) is 0 Å². The summed E-state index contributed by atoms with van der Waals surface area (Å²) in [7, 11) is 0. The molecule has 1 fully saturated rings. The lowest BCUT2D eigenvalue weighted by Gasteiger charge is -2.24. The minimum atomic E-state index is 0.486. The summed E-state index contributed by atoms with van der Waals surface area (Å²) in [4.78, 5) is 0. The highest BCUT2D eigenvalue weighted by Crippen LogP contribution is 2.29. The van der Waals surface area contributed by atoms with Gasteiger partial charge in [0, 0.05) is 12.0 Å². The van der Waals surface area contributed by atoms with Crippen molar-refractivity contribution in [2.45, 2.75) is 57.9 Å². The summed E-state index contributed by atoms with van der Waals surface area (Å²) in [6.45, 7) is 4.37. The lowest BCUT2D eigenvalue weighted by molar-refractivity contribution is 0.342. The maximum atomic E-state index is 4.20. The number of aromatic nitrogens is 3. The van der Waals surface area contributed by atoms with Crippen molar-refractivity contribution in [2.24, 2.45) is 0 Å². The molecule has 0 amide bonds. The Balaban J connectivity index is 2.17. The van der Waals surface area contributed by atoms with E-state index >= 15 is 0 Å². The van der Waals surface area contributed by atoms with Crippen molar-refractivity contribution in [1.29, 1.82) is 0 Å². The molecule has 0 bridgehead atoms. The fraction of sp³-hybridized carbons (Fsp3) is 0.818. The second-order valence-electron chi connectivity index (χ2n) is 4.54. The van der Waals surface area contributed by atoms with E-state index < -0.39 is 0 Å². The normalized spacial score (nSPS) is 19.1. The van der Waals surface area contributed by atoms with Gasteiger partial charge in [0.05, 0.1) is 0 Å². The lowest BCUT2D eigenvalue weighted by atomic mass is 9.95. The van der Waals surface area contributed by atoms with Gasteiger partial charge in [0.2, 0.25) is 0 Å². The van der Waals surface area contributed by atoms with Gasteiger partial charge in [-0.1, -0.05) is 33.1 Å². The Morgan fingerprint density at radius 2 is 2.00 bits per heavy atom. The Hall–Kier alpha value is -0.860. The van der Waals surface area contributed by atoms with Crippen LogP contribution in [-0.2, 0) is 0 Å². The van der Waals surface area contributed by atoms with Crippen LogP contribution >= 0.6 is 0 Å². The van der Waals surface area contributed by atoms with E-state index in [9.17, 15) is 0 Å². The fourth-order valence-corrected chi connectivity index (χ4v) is 2.31. The molecule has 1 aromatic rings. The zero-order valence-corrected chi connectivity index (χ0v) is 9.11. The van der Waals surface area contributed by atoms with Crippen LogP contribution < -0.4 is 0 Å². The van der Waals surface area contributed by atoms with Gasteiger partial charge in [-0.15, -0.1) is 10.2 Å². The predicted molar refractivity (Wildman–Crippen MR) is 56.2 cm³/mol. The Morgan fingerprint density at radius 3 is 2.64 bits per heavy atom. The lowest BCUT2D eigenvalue weighted by Crippen LogP contribution is -2.15. The maximum Gasteiger partial charge on any atom is 0.135 e. The van der Waals surface area contributed by atoms with Gasteiger partial charge >= 0.3 is 0 Å². The minimum Gasteiger partial charge on any atom is -0.314 e. The molecule has 0 radical (unpaired) electrons. The zero-order valence-electron chi connectivity index (χ0n) is 9.11. The van der Waals surface area contributed by atoms with E-state index in [1.165, 1.54) is 32.1 Å². The molecule has 2 rings (SSSR count). The first-order chi connectivity index (χ1) is 6.79. The van der Waals surface area contributed by atoms with Crippen LogP contribution in [0.25, 0.3) is 0 Å². The second-order valence-corrected chi connectivity index (χ2v) is 4.54. The van der Waals surface area contributed by atoms with Crippen LogP contribution in [-0.4, -0.2) is 14.8 Å². The fourth-order valence-electron chi connectivity index (χ4n) is 2.31. The van der Waals surface area contributed by atoms with E-state index in [-0.39, 0.29) is 0 Å². The topological polar surface area (TPSA) is 30.7 Å². The van der Waals surface area contributed by atoms with E-state index in [2.05, 4.69) is 28.6 Å². The van der Waals surface area contributed by atoms with Crippen molar-refractivity contribution in [2.75, 3.05) is 0 Å². The molecule has 0 N–H and O–H groups in total. The average molecular weight is 193 g/mol. The van der Waals surface area contributed by atoms with Crippen LogP contribution in [0, 0.1) is 0 Å². The summed E-state index contributed by atoms with van der Waals surface area (Å²) in [5.41, 5.74) is 0. The monoisotopic (exact) mass is 193 g/mol. The van der Waals surface area contributed by atoms with Gasteiger partial charge in [-0.3, -0.25) is 0 Å². The van der Waals surface area contributed by atoms with E-state index in [0.717, 1.165) is 5.82 Å². The summed E-state index contributed by atoms with van der Waals surface area (Å²) < 4.78 is 2.30. The van der Waals surface area contributed by atoms with Crippen molar-refractivity contribution in [3.63, 3.8) is 0 Å². The van der Waals surface area contributed by atoms with Crippen molar-refractivity contribution < 1.29 is 0 Å². The van der Waals surface area contributed by atoms with Gasteiger partial charge in [-0.25, -0.2) is 0 Å². The molecule has 0 unspecified atom stereocenters. The van der Waals surface area contributed by atoms with Crippen LogP contribution in [0.4, 0.5) is 0 Å². The molecule has 1 aliphatic rings. The molecule has 0 aromatic carbocycles. The molecule has 1 saturated carbocycles. The van der Waals surface area contributed by atoms with Crippen LogP contribution in [0.2, 0.25) is 0 Å². The number of hydrogen-bond acceptors (Lipinski definition) is 2. The third kappa shape index (κ3) is 1.81. The first-order valence-electron chi connectivity index (χ1n) is 5.68. The molecular weight excluding hydrogens is 174 g/mol. The Morgan fingerprint density at radius 1 is 1.29 bits per heavy atom. The molecule has 3 heteroatoms. The average Bonchev–Trinajstić information content (AvgIpc) is 2.67. The van der Waals surface area contributed by atoms with Crippen molar-refractivity contribution >= 4 is 0 Å². The van der Waals surface area contributed by atoms with E-state index in [0.29, 0.717) is 12.0 Å². The predicted octanol–water partition coefficient (Wildman–Crippen LogP) is 2.91. The zero-order chi connectivity index (χ0) is 9.97. The summed E-state index contributed by atoms with van der Waals surface area (Å²) in [6, 6.07) is 0.663. The van der Waals surface area contributed by atoms with E-state index in [4.69, 9.17) is 0 Å². The van der Waals surface area contributed by atoms with Crippen LogP contribution in [0.15, 0.2) is 6.33 Å². The number of nitrogens with zero attached hydrogens (tertiary/aromatic N) is 3. The summed E-state index contributed by atoms with van der Waals surface area (Å²) in [5.74, 6) is 1.64. The SMILES string of the molecule is CC(C)c1nncn1C1CCCCC1. The van der Waals surface area contributed by atoms with Crippen molar-refractivity contribution in [3.8, 4) is 0 Å². The first-order valence-corrected chi connectivity index (χ1v) is 5.68. The second kappa shape index (κ2) is 4.11. The highest BCUT2D eigenvalue weighted by Gasteiger charge is 2.19.